The van der Waals surface area contributed by atoms with Crippen molar-refractivity contribution in [3.63, 3.8) is 0 Å². The quantitative estimate of drug-likeness (QED) is 0.914. The van der Waals surface area contributed by atoms with Crippen molar-refractivity contribution in [3.8, 4) is 0 Å². The van der Waals surface area contributed by atoms with Crippen molar-refractivity contribution in [3.05, 3.63) is 51.5 Å². The molecule has 2 rings (SSSR count). The van der Waals surface area contributed by atoms with Crippen LogP contribution in [-0.4, -0.2) is 10.1 Å². The lowest BCUT2D eigenvalue weighted by Crippen LogP contribution is -2.03. The summed E-state index contributed by atoms with van der Waals surface area (Å²) in [7, 11) is 0. The van der Waals surface area contributed by atoms with Gasteiger partial charge in [0.15, 0.2) is 0 Å². The van der Waals surface area contributed by atoms with E-state index in [-0.39, 0.29) is 6.42 Å². The molecular formula is C12H11F2NOS. The number of aromatic nitrogens is 1. The van der Waals surface area contributed by atoms with Crippen LogP contribution in [-0.2, 0) is 6.42 Å². The maximum Gasteiger partial charge on any atom is 0.126 e. The van der Waals surface area contributed by atoms with Crippen LogP contribution in [0.5, 0.6) is 0 Å². The zero-order chi connectivity index (χ0) is 12.4. The number of halogens is 2. The second kappa shape index (κ2) is 4.89. The number of benzene rings is 1. The monoisotopic (exact) mass is 255 g/mol. The molecule has 90 valence electrons. The molecule has 2 nitrogen and oxygen atoms in total. The Labute approximate surface area is 102 Å². The molecule has 1 N–H and O–H groups in total. The first kappa shape index (κ1) is 12.1. The Bertz CT molecular complexity index is 507. The molecule has 1 aromatic heterocycles. The predicted octanol–water partition coefficient (Wildman–Crippen LogP) is 3.01. The lowest BCUT2D eigenvalue weighted by atomic mass is 10.1. The normalized spacial score (nSPS) is 12.7. The SMILES string of the molecule is Cc1nc(C(O)Cc2cc(F)cc(F)c2)cs1. The fraction of sp³-hybridized carbons (Fsp3) is 0.250. The van der Waals surface area contributed by atoms with E-state index >= 15 is 0 Å². The molecule has 0 fully saturated rings. The first-order valence-electron chi connectivity index (χ1n) is 5.09. The Morgan fingerprint density at radius 3 is 2.47 bits per heavy atom. The van der Waals surface area contributed by atoms with E-state index in [0.717, 1.165) is 11.1 Å². The standard InChI is InChI=1S/C12H11F2NOS/c1-7-15-11(6-17-7)12(16)4-8-2-9(13)5-10(14)3-8/h2-3,5-6,12,16H,4H2,1H3. The van der Waals surface area contributed by atoms with Crippen molar-refractivity contribution in [1.82, 2.24) is 4.98 Å². The van der Waals surface area contributed by atoms with E-state index < -0.39 is 17.7 Å². The van der Waals surface area contributed by atoms with Crippen LogP contribution in [0.4, 0.5) is 8.78 Å². The summed E-state index contributed by atoms with van der Waals surface area (Å²) in [5.41, 5.74) is 0.956. The molecule has 0 amide bonds. The highest BCUT2D eigenvalue weighted by atomic mass is 32.1. The third-order valence-corrected chi connectivity index (χ3v) is 3.12. The zero-order valence-electron chi connectivity index (χ0n) is 9.15. The first-order chi connectivity index (χ1) is 8.04. The molecule has 1 atom stereocenters. The minimum absolute atomic E-state index is 0.151. The van der Waals surface area contributed by atoms with E-state index in [2.05, 4.69) is 4.98 Å². The third-order valence-electron chi connectivity index (χ3n) is 2.33. The topological polar surface area (TPSA) is 33.1 Å². The number of thiazole rings is 1. The van der Waals surface area contributed by atoms with Crippen LogP contribution in [0, 0.1) is 18.6 Å². The van der Waals surface area contributed by atoms with Crippen LogP contribution in [0.15, 0.2) is 23.6 Å². The smallest absolute Gasteiger partial charge is 0.126 e. The molecule has 0 aliphatic heterocycles. The van der Waals surface area contributed by atoms with Gasteiger partial charge in [-0.25, -0.2) is 13.8 Å². The summed E-state index contributed by atoms with van der Waals surface area (Å²) in [6, 6.07) is 3.24. The average Bonchev–Trinajstić information content (AvgIpc) is 2.63. The Kier molecular flexibility index (Phi) is 3.49. The molecule has 2 aromatic rings. The maximum atomic E-state index is 12.9. The van der Waals surface area contributed by atoms with Crippen LogP contribution < -0.4 is 0 Å². The largest absolute Gasteiger partial charge is 0.386 e. The molecule has 0 radical (unpaired) electrons. The third kappa shape index (κ3) is 3.08. The highest BCUT2D eigenvalue weighted by Crippen LogP contribution is 2.21. The highest BCUT2D eigenvalue weighted by molar-refractivity contribution is 7.09. The maximum absolute atomic E-state index is 12.9. The fourth-order valence-electron chi connectivity index (χ4n) is 1.59. The van der Waals surface area contributed by atoms with Crippen molar-refractivity contribution in [1.29, 1.82) is 0 Å². The summed E-state index contributed by atoms with van der Waals surface area (Å²) in [6.45, 7) is 1.84. The van der Waals surface area contributed by atoms with Gasteiger partial charge in [0.1, 0.15) is 17.7 Å². The van der Waals surface area contributed by atoms with Gasteiger partial charge in [-0.3, -0.25) is 0 Å². The van der Waals surface area contributed by atoms with E-state index in [9.17, 15) is 13.9 Å². The van der Waals surface area contributed by atoms with Gasteiger partial charge in [-0.05, 0) is 24.6 Å². The molecule has 0 aliphatic rings. The molecule has 0 saturated carbocycles. The van der Waals surface area contributed by atoms with E-state index in [0.29, 0.717) is 11.3 Å². The summed E-state index contributed by atoms with van der Waals surface area (Å²) in [5.74, 6) is -1.27. The second-order valence-electron chi connectivity index (χ2n) is 3.79. The summed E-state index contributed by atoms with van der Waals surface area (Å²) in [6.07, 6.45) is -0.682. The van der Waals surface area contributed by atoms with Gasteiger partial charge >= 0.3 is 0 Å². The summed E-state index contributed by atoms with van der Waals surface area (Å²) < 4.78 is 25.9. The number of hydrogen-bond acceptors (Lipinski definition) is 3. The fourth-order valence-corrected chi connectivity index (χ4v) is 2.25. The Hall–Kier alpha value is -1.33. The number of nitrogens with zero attached hydrogens (tertiary/aromatic N) is 1. The summed E-state index contributed by atoms with van der Waals surface area (Å²) in [4.78, 5) is 4.13. The number of hydrogen-bond donors (Lipinski definition) is 1. The van der Waals surface area contributed by atoms with Gasteiger partial charge < -0.3 is 5.11 Å². The van der Waals surface area contributed by atoms with Crippen molar-refractivity contribution in [2.24, 2.45) is 0 Å². The van der Waals surface area contributed by atoms with Crippen LogP contribution in [0.25, 0.3) is 0 Å². The Morgan fingerprint density at radius 1 is 1.29 bits per heavy atom. The molecule has 1 aromatic carbocycles. The summed E-state index contributed by atoms with van der Waals surface area (Å²) >= 11 is 1.43. The molecule has 5 heteroatoms. The molecular weight excluding hydrogens is 244 g/mol. The molecule has 17 heavy (non-hydrogen) atoms. The Balaban J connectivity index is 2.15. The van der Waals surface area contributed by atoms with E-state index in [1.165, 1.54) is 23.5 Å². The van der Waals surface area contributed by atoms with Crippen LogP contribution in [0.2, 0.25) is 0 Å². The van der Waals surface area contributed by atoms with Gasteiger partial charge in [0, 0.05) is 17.9 Å². The van der Waals surface area contributed by atoms with Gasteiger partial charge in [0.05, 0.1) is 10.7 Å². The van der Waals surface area contributed by atoms with Crippen LogP contribution in [0.3, 0.4) is 0 Å². The minimum atomic E-state index is -0.832. The van der Waals surface area contributed by atoms with Gasteiger partial charge in [-0.1, -0.05) is 0 Å². The zero-order valence-corrected chi connectivity index (χ0v) is 9.97. The van der Waals surface area contributed by atoms with Gasteiger partial charge in [-0.15, -0.1) is 11.3 Å². The summed E-state index contributed by atoms with van der Waals surface area (Å²) in [5, 5.41) is 12.5. The number of aryl methyl sites for hydroxylation is 1. The van der Waals surface area contributed by atoms with E-state index in [4.69, 9.17) is 0 Å². The van der Waals surface area contributed by atoms with Gasteiger partial charge in [0.25, 0.3) is 0 Å². The van der Waals surface area contributed by atoms with Crippen LogP contribution >= 0.6 is 11.3 Å². The van der Waals surface area contributed by atoms with Crippen molar-refractivity contribution in [2.75, 3.05) is 0 Å². The predicted molar refractivity (Wildman–Crippen MR) is 61.9 cm³/mol. The average molecular weight is 255 g/mol. The van der Waals surface area contributed by atoms with Gasteiger partial charge in [-0.2, -0.15) is 0 Å². The molecule has 0 spiro atoms. The molecule has 0 bridgehead atoms. The van der Waals surface area contributed by atoms with E-state index in [1.807, 2.05) is 6.92 Å². The highest BCUT2D eigenvalue weighted by Gasteiger charge is 2.12. The molecule has 1 unspecified atom stereocenters. The molecule has 0 saturated heterocycles. The van der Waals surface area contributed by atoms with E-state index in [1.54, 1.807) is 5.38 Å². The number of rotatable bonds is 3. The molecule has 0 aliphatic carbocycles. The molecule has 1 heterocycles. The Morgan fingerprint density at radius 2 is 1.94 bits per heavy atom. The van der Waals surface area contributed by atoms with Crippen LogP contribution in [0.1, 0.15) is 22.4 Å². The van der Waals surface area contributed by atoms with Crippen molar-refractivity contribution in [2.45, 2.75) is 19.4 Å². The first-order valence-corrected chi connectivity index (χ1v) is 5.97. The van der Waals surface area contributed by atoms with Crippen molar-refractivity contribution >= 4 is 11.3 Å². The number of aliphatic hydroxyl groups is 1. The van der Waals surface area contributed by atoms with Gasteiger partial charge in [0.2, 0.25) is 0 Å². The lowest BCUT2D eigenvalue weighted by Gasteiger charge is -2.08. The number of aliphatic hydroxyl groups excluding tert-OH is 1. The minimum Gasteiger partial charge on any atom is -0.386 e. The lowest BCUT2D eigenvalue weighted by molar-refractivity contribution is 0.174. The second-order valence-corrected chi connectivity index (χ2v) is 4.85. The van der Waals surface area contributed by atoms with Crippen molar-refractivity contribution < 1.29 is 13.9 Å².